The molecule has 0 unspecified atom stereocenters. The molecule has 0 bridgehead atoms. The maximum Gasteiger partial charge on any atom is 0.0402 e. The third-order valence-electron chi connectivity index (χ3n) is 0.911. The molecule has 0 rings (SSSR count). The van der Waals surface area contributed by atoms with E-state index in [0.717, 1.165) is 0 Å². The molecule has 0 aromatic carbocycles. The average molecular weight is 423 g/mol. The number of aliphatic hydroxyl groups excluding tert-OH is 1. The molecule has 0 aliphatic heterocycles. The zero-order valence-electron chi connectivity index (χ0n) is 11.5. The van der Waals surface area contributed by atoms with Gasteiger partial charge in [-0.15, -0.1) is 26.3 Å². The summed E-state index contributed by atoms with van der Waals surface area (Å²) in [6.07, 6.45) is 17.3. The summed E-state index contributed by atoms with van der Waals surface area (Å²) in [5.74, 6) is 0. The molecule has 1 nitrogen and oxygen atoms in total. The molecule has 0 aromatic heterocycles. The van der Waals surface area contributed by atoms with E-state index in [9.17, 15) is 0 Å². The molecular formula is C14H25ClHfO-2. The second kappa shape index (κ2) is 44.4. The summed E-state index contributed by atoms with van der Waals surface area (Å²) in [6.45, 7) is 9.64. The first-order chi connectivity index (χ1) is 7.24. The predicted molar refractivity (Wildman–Crippen MR) is 76.6 cm³/mol. The van der Waals surface area contributed by atoms with Crippen LogP contribution in [0.5, 0.6) is 0 Å². The van der Waals surface area contributed by atoms with Crippen molar-refractivity contribution in [3.05, 3.63) is 48.6 Å². The zero-order valence-corrected chi connectivity index (χ0v) is 15.9. The molecule has 0 saturated carbocycles. The van der Waals surface area contributed by atoms with E-state index in [4.69, 9.17) is 5.11 Å². The Morgan fingerprint density at radius 3 is 1.24 bits per heavy atom. The topological polar surface area (TPSA) is 20.2 Å². The molecule has 3 heteroatoms. The van der Waals surface area contributed by atoms with E-state index in [-0.39, 0.29) is 44.9 Å². The van der Waals surface area contributed by atoms with Crippen LogP contribution in [0.4, 0.5) is 0 Å². The molecule has 0 aliphatic rings. The summed E-state index contributed by atoms with van der Waals surface area (Å²) in [5.41, 5.74) is 0. The standard InChI is InChI=1S/2C6H9.C2H6O.ClH.Hf/c2*1-3-5-6-4-2;1-2-3;;/h2*3,5-6H,1-2H3;3H,2H2,1H3;1H;/q2*-1;;;. The van der Waals surface area contributed by atoms with E-state index < -0.39 is 0 Å². The van der Waals surface area contributed by atoms with Gasteiger partial charge in [0.2, 0.25) is 0 Å². The third-order valence-corrected chi connectivity index (χ3v) is 0.911. The van der Waals surface area contributed by atoms with Gasteiger partial charge in [0.05, 0.1) is 0 Å². The van der Waals surface area contributed by atoms with Crippen molar-refractivity contribution in [2.24, 2.45) is 0 Å². The second-order valence-electron chi connectivity index (χ2n) is 2.28. The first-order valence-electron chi connectivity index (χ1n) is 5.09. The fourth-order valence-corrected chi connectivity index (χ4v) is 0.385. The second-order valence-corrected chi connectivity index (χ2v) is 2.28. The number of aliphatic hydroxyl groups is 1. The zero-order chi connectivity index (χ0) is 12.4. The van der Waals surface area contributed by atoms with Crippen molar-refractivity contribution in [3.8, 4) is 0 Å². The van der Waals surface area contributed by atoms with E-state index >= 15 is 0 Å². The minimum absolute atomic E-state index is 0. The molecule has 1 N–H and O–H groups in total. The summed E-state index contributed by atoms with van der Waals surface area (Å²) in [7, 11) is 0. The summed E-state index contributed by atoms with van der Waals surface area (Å²) in [4.78, 5) is 0. The van der Waals surface area contributed by atoms with Crippen LogP contribution in [0.1, 0.15) is 34.6 Å². The first kappa shape index (κ1) is 30.3. The Morgan fingerprint density at radius 2 is 1.18 bits per heavy atom. The van der Waals surface area contributed by atoms with Crippen molar-refractivity contribution >= 4 is 12.4 Å². The maximum atomic E-state index is 7.57. The molecule has 0 atom stereocenters. The van der Waals surface area contributed by atoms with Crippen LogP contribution < -0.4 is 0 Å². The van der Waals surface area contributed by atoms with Gasteiger partial charge in [-0.05, 0) is 6.92 Å². The SMILES string of the molecule is CCO.C[C-]=CC=CC.C[C-]=CC=CC.Cl.[Hf]. The Kier molecular flexibility index (Phi) is 79.0. The molecule has 17 heavy (non-hydrogen) atoms. The van der Waals surface area contributed by atoms with Crippen LogP contribution in [0.3, 0.4) is 0 Å². The van der Waals surface area contributed by atoms with Gasteiger partial charge in [0, 0.05) is 32.5 Å². The normalized spacial score (nSPS) is 9.29. The van der Waals surface area contributed by atoms with Gasteiger partial charge in [0.1, 0.15) is 0 Å². The fraction of sp³-hybridized carbons (Fsp3) is 0.429. The average Bonchev–Trinajstić information content (AvgIpc) is 2.25. The predicted octanol–water partition coefficient (Wildman–Crippen LogP) is 4.30. The van der Waals surface area contributed by atoms with Gasteiger partial charge >= 0.3 is 0 Å². The largest absolute Gasteiger partial charge is 0.397 e. The van der Waals surface area contributed by atoms with Crippen LogP contribution in [-0.2, 0) is 25.8 Å². The number of hydrogen-bond donors (Lipinski definition) is 1. The summed E-state index contributed by atoms with van der Waals surface area (Å²) in [5, 5.41) is 7.57. The van der Waals surface area contributed by atoms with Crippen molar-refractivity contribution in [1.82, 2.24) is 0 Å². The molecular weight excluding hydrogens is 398 g/mol. The molecule has 0 fully saturated rings. The molecule has 0 amide bonds. The number of halogens is 1. The molecule has 0 radical (unpaired) electrons. The van der Waals surface area contributed by atoms with Crippen LogP contribution in [0, 0.1) is 12.2 Å². The Labute approximate surface area is 133 Å². The quantitative estimate of drug-likeness (QED) is 0.399. The van der Waals surface area contributed by atoms with Crippen LogP contribution >= 0.6 is 12.4 Å². The molecule has 0 aliphatic carbocycles. The van der Waals surface area contributed by atoms with Gasteiger partial charge in [0.15, 0.2) is 0 Å². The Hall–Kier alpha value is 0.0801. The van der Waals surface area contributed by atoms with Crippen molar-refractivity contribution in [1.29, 1.82) is 0 Å². The van der Waals surface area contributed by atoms with Gasteiger partial charge in [-0.1, -0.05) is 13.8 Å². The summed E-state index contributed by atoms with van der Waals surface area (Å²) in [6, 6.07) is 0. The number of hydrogen-bond acceptors (Lipinski definition) is 1. The van der Waals surface area contributed by atoms with Gasteiger partial charge in [-0.25, -0.2) is 24.3 Å². The van der Waals surface area contributed by atoms with E-state index in [1.807, 2.05) is 64.2 Å². The molecule has 0 heterocycles. The molecule has 0 spiro atoms. The third kappa shape index (κ3) is 86.2. The van der Waals surface area contributed by atoms with E-state index in [1.54, 1.807) is 6.92 Å². The van der Waals surface area contributed by atoms with Crippen molar-refractivity contribution in [3.63, 3.8) is 0 Å². The first-order valence-corrected chi connectivity index (χ1v) is 5.09. The minimum atomic E-state index is 0. The van der Waals surface area contributed by atoms with Crippen molar-refractivity contribution in [2.45, 2.75) is 34.6 Å². The Balaban J connectivity index is -0.0000000421. The van der Waals surface area contributed by atoms with Crippen molar-refractivity contribution < 1.29 is 30.9 Å². The fourth-order valence-electron chi connectivity index (χ4n) is 0.385. The van der Waals surface area contributed by atoms with Crippen LogP contribution in [0.25, 0.3) is 0 Å². The van der Waals surface area contributed by atoms with E-state index in [0.29, 0.717) is 0 Å². The van der Waals surface area contributed by atoms with Crippen molar-refractivity contribution in [2.75, 3.05) is 6.61 Å². The summed E-state index contributed by atoms with van der Waals surface area (Å²) < 4.78 is 0. The van der Waals surface area contributed by atoms with E-state index in [1.165, 1.54) is 0 Å². The maximum absolute atomic E-state index is 7.57. The van der Waals surface area contributed by atoms with Gasteiger partial charge in [0.25, 0.3) is 0 Å². The van der Waals surface area contributed by atoms with E-state index in [2.05, 4.69) is 12.2 Å². The van der Waals surface area contributed by atoms with Gasteiger partial charge in [-0.3, -0.25) is 12.2 Å². The van der Waals surface area contributed by atoms with Crippen LogP contribution in [-0.4, -0.2) is 11.7 Å². The molecule has 0 aromatic rings. The number of rotatable bonds is 2. The molecule has 100 valence electrons. The minimum Gasteiger partial charge on any atom is -0.397 e. The number of allylic oxidation sites excluding steroid dienone is 8. The smallest absolute Gasteiger partial charge is 0.0402 e. The summed E-state index contributed by atoms with van der Waals surface area (Å²) >= 11 is 0. The molecule has 0 saturated heterocycles. The van der Waals surface area contributed by atoms with Gasteiger partial charge < -0.3 is 5.11 Å². The van der Waals surface area contributed by atoms with Crippen LogP contribution in [0.2, 0.25) is 0 Å². The van der Waals surface area contributed by atoms with Crippen LogP contribution in [0.15, 0.2) is 36.5 Å². The van der Waals surface area contributed by atoms with Gasteiger partial charge in [-0.2, -0.15) is 12.2 Å². The monoisotopic (exact) mass is 424 g/mol. The Bertz CT molecular complexity index is 145. The Morgan fingerprint density at radius 1 is 0.941 bits per heavy atom.